The van der Waals surface area contributed by atoms with Crippen LogP contribution in [0, 0.1) is 17.7 Å². The number of nitrogens with zero attached hydrogens (tertiary/aromatic N) is 2. The summed E-state index contributed by atoms with van der Waals surface area (Å²) in [6.45, 7) is 4.81. The first kappa shape index (κ1) is 28.3. The van der Waals surface area contributed by atoms with Crippen LogP contribution >= 0.6 is 11.3 Å². The third kappa shape index (κ3) is 5.82. The Morgan fingerprint density at radius 1 is 1.12 bits per heavy atom. The minimum absolute atomic E-state index is 0.0311. The molecule has 0 saturated carbocycles. The van der Waals surface area contributed by atoms with Crippen molar-refractivity contribution in [3.05, 3.63) is 65.6 Å². The van der Waals surface area contributed by atoms with E-state index in [2.05, 4.69) is 25.9 Å². The van der Waals surface area contributed by atoms with Gasteiger partial charge in [0, 0.05) is 41.9 Å². The van der Waals surface area contributed by atoms with Crippen molar-refractivity contribution >= 4 is 45.0 Å². The fraction of sp³-hybridized carbons (Fsp3) is 0.300. The van der Waals surface area contributed by atoms with Gasteiger partial charge in [-0.05, 0) is 68.8 Å². The lowest BCUT2D eigenvalue weighted by atomic mass is 9.80. The Hall–Kier alpha value is -4.22. The van der Waals surface area contributed by atoms with Gasteiger partial charge in [-0.1, -0.05) is 6.07 Å². The van der Waals surface area contributed by atoms with Crippen LogP contribution < -0.4 is 16.0 Å². The van der Waals surface area contributed by atoms with E-state index in [0.717, 1.165) is 10.3 Å². The normalized spacial score (nSPS) is 16.8. The van der Waals surface area contributed by atoms with Gasteiger partial charge in [-0.3, -0.25) is 14.6 Å². The molecule has 2 aromatic carbocycles. The monoisotopic (exact) mass is 575 g/mol. The average Bonchev–Trinajstić information content (AvgIpc) is 3.46. The van der Waals surface area contributed by atoms with E-state index >= 15 is 4.39 Å². The average molecular weight is 576 g/mol. The number of hydrogen-bond donors (Lipinski definition) is 3. The van der Waals surface area contributed by atoms with Crippen molar-refractivity contribution in [3.8, 4) is 22.4 Å². The Kier molecular flexibility index (Phi) is 8.65. The molecular formula is C30H30FN5O4S. The number of ether oxygens (including phenoxy) is 1. The fourth-order valence-electron chi connectivity index (χ4n) is 5.21. The van der Waals surface area contributed by atoms with E-state index in [1.807, 2.05) is 18.2 Å². The van der Waals surface area contributed by atoms with Crippen LogP contribution in [-0.2, 0) is 9.53 Å². The number of halogens is 1. The molecule has 11 heteroatoms. The lowest BCUT2D eigenvalue weighted by Crippen LogP contribution is -2.45. The van der Waals surface area contributed by atoms with Crippen LogP contribution in [0.2, 0.25) is 0 Å². The van der Waals surface area contributed by atoms with Crippen molar-refractivity contribution in [3.63, 3.8) is 0 Å². The molecule has 0 radical (unpaired) electrons. The predicted molar refractivity (Wildman–Crippen MR) is 156 cm³/mol. The molecule has 9 nitrogen and oxygen atoms in total. The van der Waals surface area contributed by atoms with E-state index in [-0.39, 0.29) is 35.7 Å². The Labute approximate surface area is 240 Å². The summed E-state index contributed by atoms with van der Waals surface area (Å²) in [5, 5.41) is 8.54. The lowest BCUT2D eigenvalue weighted by molar-refractivity contribution is -0.149. The number of carbonyl (C=O) groups excluding carboxylic acids is 3. The Balaban J connectivity index is 1.68. The van der Waals surface area contributed by atoms with E-state index in [1.165, 1.54) is 23.5 Å². The molecule has 2 aromatic heterocycles. The van der Waals surface area contributed by atoms with Crippen LogP contribution in [0.4, 0.5) is 14.9 Å². The smallest absolute Gasteiger partial charge is 0.319 e. The van der Waals surface area contributed by atoms with Crippen molar-refractivity contribution in [2.75, 3.05) is 31.6 Å². The zero-order valence-electron chi connectivity index (χ0n) is 22.7. The molecule has 2 amide bonds. The number of benzene rings is 2. The Morgan fingerprint density at radius 2 is 1.98 bits per heavy atom. The molecule has 5 rings (SSSR count). The van der Waals surface area contributed by atoms with Gasteiger partial charge in [0.25, 0.3) is 0 Å². The van der Waals surface area contributed by atoms with Gasteiger partial charge in [0.2, 0.25) is 0 Å². The minimum atomic E-state index is -0.705. The maximum atomic E-state index is 15.8. The van der Waals surface area contributed by atoms with Crippen molar-refractivity contribution in [2.24, 2.45) is 11.8 Å². The van der Waals surface area contributed by atoms with Crippen LogP contribution in [-0.4, -0.2) is 54.0 Å². The lowest BCUT2D eigenvalue weighted by Gasteiger charge is -2.30. The molecule has 0 aliphatic carbocycles. The SMILES string of the molecule is CCNC(=O)Nc1c(C(=O)C2CCNCC2C(=O)OCC)ccc(F)c1-c1cc(-c2ccccn2)c2scnc2c1. The summed E-state index contributed by atoms with van der Waals surface area (Å²) in [6, 6.07) is 11.1. The van der Waals surface area contributed by atoms with E-state index in [1.54, 1.807) is 37.7 Å². The summed E-state index contributed by atoms with van der Waals surface area (Å²) < 4.78 is 21.9. The zero-order chi connectivity index (χ0) is 28.9. The summed E-state index contributed by atoms with van der Waals surface area (Å²) in [5.74, 6) is -2.86. The van der Waals surface area contributed by atoms with Crippen LogP contribution in [0.1, 0.15) is 30.6 Å². The number of aromatic nitrogens is 2. The molecule has 212 valence electrons. The first-order valence-electron chi connectivity index (χ1n) is 13.5. The third-order valence-electron chi connectivity index (χ3n) is 7.07. The number of fused-ring (bicyclic) bond motifs is 1. The fourth-order valence-corrected chi connectivity index (χ4v) is 6.00. The number of amides is 2. The number of thiazole rings is 1. The van der Waals surface area contributed by atoms with Crippen molar-refractivity contribution in [1.82, 2.24) is 20.6 Å². The molecule has 0 spiro atoms. The summed E-state index contributed by atoms with van der Waals surface area (Å²) in [7, 11) is 0. The third-order valence-corrected chi connectivity index (χ3v) is 7.94. The predicted octanol–water partition coefficient (Wildman–Crippen LogP) is 5.28. The summed E-state index contributed by atoms with van der Waals surface area (Å²) in [4.78, 5) is 48.6. The maximum absolute atomic E-state index is 15.8. The molecule has 41 heavy (non-hydrogen) atoms. The molecule has 1 fully saturated rings. The molecule has 4 aromatic rings. The number of rotatable bonds is 8. The highest BCUT2D eigenvalue weighted by Crippen LogP contribution is 2.41. The number of pyridine rings is 1. The topological polar surface area (TPSA) is 122 Å². The standard InChI is InChI=1S/C30H30FN5O4S/c1-3-33-30(39)36-26-19(27(37)18-10-12-32-15-21(18)29(38)40-4-2)8-9-22(31)25(26)17-13-20(23-7-5-6-11-34-23)28-24(14-17)35-16-41-28/h5-9,11,13-14,16,18,21,32H,3-4,10,12,15H2,1-2H3,(H2,33,36,39). The van der Waals surface area contributed by atoms with Crippen molar-refractivity contribution in [2.45, 2.75) is 20.3 Å². The Bertz CT molecular complexity index is 1590. The summed E-state index contributed by atoms with van der Waals surface area (Å²) in [5.41, 5.74) is 4.40. The number of anilines is 1. The van der Waals surface area contributed by atoms with Gasteiger partial charge in [-0.2, -0.15) is 0 Å². The molecule has 1 aliphatic rings. The van der Waals surface area contributed by atoms with Gasteiger partial charge >= 0.3 is 12.0 Å². The molecule has 2 unspecified atom stereocenters. The van der Waals surface area contributed by atoms with E-state index in [9.17, 15) is 14.4 Å². The van der Waals surface area contributed by atoms with Crippen LogP contribution in [0.25, 0.3) is 32.6 Å². The number of Topliss-reactive ketones (excluding diaryl/α,β-unsaturated/α-hetero) is 1. The van der Waals surface area contributed by atoms with Gasteiger partial charge < -0.3 is 20.7 Å². The van der Waals surface area contributed by atoms with Gasteiger partial charge in [-0.15, -0.1) is 11.3 Å². The largest absolute Gasteiger partial charge is 0.466 e. The van der Waals surface area contributed by atoms with Gasteiger partial charge in [0.15, 0.2) is 5.78 Å². The summed E-state index contributed by atoms with van der Waals surface area (Å²) in [6.07, 6.45) is 2.07. The first-order valence-corrected chi connectivity index (χ1v) is 14.4. The first-order chi connectivity index (χ1) is 19.9. The molecule has 3 heterocycles. The number of carbonyl (C=O) groups is 3. The number of urea groups is 1. The van der Waals surface area contributed by atoms with E-state index in [0.29, 0.717) is 36.3 Å². The quantitative estimate of drug-likeness (QED) is 0.193. The number of ketones is 1. The second kappa shape index (κ2) is 12.5. The molecule has 1 aliphatic heterocycles. The van der Waals surface area contributed by atoms with Crippen LogP contribution in [0.5, 0.6) is 0 Å². The highest BCUT2D eigenvalue weighted by Gasteiger charge is 2.38. The second-order valence-electron chi connectivity index (χ2n) is 9.59. The molecule has 0 bridgehead atoms. The second-order valence-corrected chi connectivity index (χ2v) is 10.4. The van der Waals surface area contributed by atoms with E-state index < -0.39 is 29.7 Å². The summed E-state index contributed by atoms with van der Waals surface area (Å²) >= 11 is 1.44. The van der Waals surface area contributed by atoms with Crippen molar-refractivity contribution in [1.29, 1.82) is 0 Å². The van der Waals surface area contributed by atoms with Crippen LogP contribution in [0.15, 0.2) is 54.2 Å². The maximum Gasteiger partial charge on any atom is 0.319 e. The molecule has 1 saturated heterocycles. The molecular weight excluding hydrogens is 545 g/mol. The number of esters is 1. The van der Waals surface area contributed by atoms with Gasteiger partial charge in [0.05, 0.1) is 39.6 Å². The highest BCUT2D eigenvalue weighted by molar-refractivity contribution is 7.17. The zero-order valence-corrected chi connectivity index (χ0v) is 23.5. The number of nitrogens with one attached hydrogen (secondary N) is 3. The van der Waals surface area contributed by atoms with Gasteiger partial charge in [-0.25, -0.2) is 14.2 Å². The van der Waals surface area contributed by atoms with Gasteiger partial charge in [0.1, 0.15) is 5.82 Å². The van der Waals surface area contributed by atoms with E-state index in [4.69, 9.17) is 4.74 Å². The molecule has 2 atom stereocenters. The number of piperidine rings is 1. The number of hydrogen-bond acceptors (Lipinski definition) is 8. The van der Waals surface area contributed by atoms with Crippen molar-refractivity contribution < 1.29 is 23.5 Å². The minimum Gasteiger partial charge on any atom is -0.466 e. The highest BCUT2D eigenvalue weighted by atomic mass is 32.1. The van der Waals surface area contributed by atoms with Crippen LogP contribution in [0.3, 0.4) is 0 Å². The molecule has 3 N–H and O–H groups in total. The Morgan fingerprint density at radius 3 is 2.73 bits per heavy atom.